The molecular formula is C21H18Cl2F3N3O. The summed E-state index contributed by atoms with van der Waals surface area (Å²) in [6.45, 7) is -1.40. The summed E-state index contributed by atoms with van der Waals surface area (Å²) in [7, 11) is 0. The molecule has 0 bridgehead atoms. The van der Waals surface area contributed by atoms with Crippen molar-refractivity contribution >= 4 is 34.9 Å². The number of pyridine rings is 1. The second kappa shape index (κ2) is 6.58. The van der Waals surface area contributed by atoms with Gasteiger partial charge in [-0.15, -0.1) is 0 Å². The molecule has 1 aliphatic carbocycles. The van der Waals surface area contributed by atoms with Crippen LogP contribution in [0.1, 0.15) is 29.9 Å². The third kappa shape index (κ3) is 2.34. The molecule has 1 aromatic carbocycles. The summed E-state index contributed by atoms with van der Waals surface area (Å²) in [6, 6.07) is 7.92. The van der Waals surface area contributed by atoms with Gasteiger partial charge < -0.3 is 10.6 Å². The number of hydrogen-bond donors (Lipinski definition) is 2. The van der Waals surface area contributed by atoms with Gasteiger partial charge in [0.2, 0.25) is 5.91 Å². The van der Waals surface area contributed by atoms with Crippen molar-refractivity contribution in [2.45, 2.75) is 29.7 Å². The highest BCUT2D eigenvalue weighted by molar-refractivity contribution is 6.31. The summed E-state index contributed by atoms with van der Waals surface area (Å²) in [5, 5.41) is 6.27. The third-order valence-electron chi connectivity index (χ3n) is 7.08. The van der Waals surface area contributed by atoms with Gasteiger partial charge in [-0.2, -0.15) is 0 Å². The van der Waals surface area contributed by atoms with Crippen molar-refractivity contribution < 1.29 is 18.0 Å². The summed E-state index contributed by atoms with van der Waals surface area (Å²) in [6.07, 6.45) is 0.225. The fourth-order valence-electron chi connectivity index (χ4n) is 5.91. The van der Waals surface area contributed by atoms with E-state index in [1.165, 1.54) is 6.07 Å². The number of carbonyl (C=O) groups excluding carboxylic acids is 1. The zero-order chi connectivity index (χ0) is 21.3. The number of rotatable bonds is 3. The number of alkyl halides is 2. The molecule has 0 unspecified atom stereocenters. The quantitative estimate of drug-likeness (QED) is 0.666. The smallest absolute Gasteiger partial charge is 0.238 e. The van der Waals surface area contributed by atoms with Crippen LogP contribution < -0.4 is 10.6 Å². The van der Waals surface area contributed by atoms with Gasteiger partial charge in [0.15, 0.2) is 0 Å². The largest absolute Gasteiger partial charge is 0.310 e. The highest BCUT2D eigenvalue weighted by Crippen LogP contribution is 2.67. The fraction of sp³-hybridized carbons (Fsp3) is 0.429. The van der Waals surface area contributed by atoms with Crippen LogP contribution in [0.4, 0.5) is 19.0 Å². The molecule has 2 N–H and O–H groups in total. The van der Waals surface area contributed by atoms with Crippen LogP contribution in [-0.2, 0) is 10.2 Å². The van der Waals surface area contributed by atoms with Crippen molar-refractivity contribution in [3.63, 3.8) is 0 Å². The van der Waals surface area contributed by atoms with Gasteiger partial charge in [-0.1, -0.05) is 41.4 Å². The van der Waals surface area contributed by atoms with Crippen molar-refractivity contribution in [3.8, 4) is 0 Å². The third-order valence-corrected chi connectivity index (χ3v) is 7.58. The zero-order valence-corrected chi connectivity index (χ0v) is 17.3. The Morgan fingerprint density at radius 1 is 1.13 bits per heavy atom. The zero-order valence-electron chi connectivity index (χ0n) is 15.7. The van der Waals surface area contributed by atoms with Crippen LogP contribution in [0.5, 0.6) is 0 Å². The Kier molecular flexibility index (Phi) is 4.41. The molecule has 0 radical (unpaired) electrons. The number of nitrogens with zero attached hydrogens (tertiary/aromatic N) is 1. The second-order valence-corrected chi connectivity index (χ2v) is 9.37. The molecule has 1 saturated heterocycles. The van der Waals surface area contributed by atoms with Gasteiger partial charge in [0.25, 0.3) is 0 Å². The molecule has 2 fully saturated rings. The first kappa shape index (κ1) is 20.1. The highest BCUT2D eigenvalue weighted by Gasteiger charge is 2.75. The lowest BCUT2D eigenvalue weighted by molar-refractivity contribution is -0.131. The van der Waals surface area contributed by atoms with Gasteiger partial charge in [0.1, 0.15) is 22.2 Å². The van der Waals surface area contributed by atoms with E-state index in [4.69, 9.17) is 23.2 Å². The Morgan fingerprint density at radius 3 is 2.57 bits per heavy atom. The lowest BCUT2D eigenvalue weighted by Crippen LogP contribution is -2.70. The minimum absolute atomic E-state index is 0.0491. The number of aromatic nitrogens is 1. The van der Waals surface area contributed by atoms with Crippen LogP contribution in [0.2, 0.25) is 10.2 Å². The lowest BCUT2D eigenvalue weighted by Gasteiger charge is -2.59. The Bertz CT molecular complexity index is 1050. The van der Waals surface area contributed by atoms with Gasteiger partial charge in [-0.25, -0.2) is 9.37 Å². The molecule has 2 atom stereocenters. The monoisotopic (exact) mass is 455 g/mol. The van der Waals surface area contributed by atoms with Crippen LogP contribution in [-0.4, -0.2) is 36.3 Å². The van der Waals surface area contributed by atoms with Crippen LogP contribution >= 0.6 is 23.2 Å². The summed E-state index contributed by atoms with van der Waals surface area (Å²) in [5.41, 5.74) is -2.54. The Labute approximate surface area is 181 Å². The fourth-order valence-corrected chi connectivity index (χ4v) is 6.24. The molecule has 3 heterocycles. The molecule has 2 spiro atoms. The maximum absolute atomic E-state index is 15.1. The van der Waals surface area contributed by atoms with Crippen molar-refractivity contribution in [3.05, 3.63) is 57.5 Å². The number of anilines is 1. The molecule has 1 amide bonds. The summed E-state index contributed by atoms with van der Waals surface area (Å²) in [4.78, 5) is 17.8. The molecule has 158 valence electrons. The minimum atomic E-state index is -1.29. The van der Waals surface area contributed by atoms with Crippen LogP contribution in [0, 0.1) is 11.2 Å². The van der Waals surface area contributed by atoms with E-state index in [-0.39, 0.29) is 41.0 Å². The van der Waals surface area contributed by atoms with E-state index in [1.54, 1.807) is 24.3 Å². The van der Waals surface area contributed by atoms with E-state index in [0.717, 1.165) is 0 Å². The standard InChI is InChI=1S/C21H18Cl2F3N3O/c22-14-3-1-2-11(16(14)26)13-6-27-20(7-19(8-20,9-24)10-25)21(13)12-4-5-15(23)28-17(12)29-18(21)30/h1-5,13,27H,6-10H2,(H,28,29,30)/t13-,21-/m1/s1. The maximum atomic E-state index is 15.1. The number of carbonyl (C=O) groups is 1. The molecule has 5 rings (SSSR count). The Balaban J connectivity index is 1.74. The summed E-state index contributed by atoms with van der Waals surface area (Å²) < 4.78 is 42.5. The molecule has 4 nitrogen and oxygen atoms in total. The first-order valence-corrected chi connectivity index (χ1v) is 10.4. The highest BCUT2D eigenvalue weighted by atomic mass is 35.5. The molecular weight excluding hydrogens is 438 g/mol. The molecule has 1 aromatic heterocycles. The molecule has 2 aromatic rings. The maximum Gasteiger partial charge on any atom is 0.238 e. The normalized spacial score (nSPS) is 27.9. The van der Waals surface area contributed by atoms with Crippen molar-refractivity contribution in [1.29, 1.82) is 0 Å². The number of nitrogens with one attached hydrogen (secondary N) is 2. The molecule has 9 heteroatoms. The van der Waals surface area contributed by atoms with Crippen LogP contribution in [0.15, 0.2) is 30.3 Å². The summed E-state index contributed by atoms with van der Waals surface area (Å²) >= 11 is 12.0. The van der Waals surface area contributed by atoms with E-state index < -0.39 is 41.5 Å². The van der Waals surface area contributed by atoms with E-state index in [2.05, 4.69) is 15.6 Å². The van der Waals surface area contributed by atoms with Gasteiger partial charge in [-0.3, -0.25) is 13.6 Å². The van der Waals surface area contributed by atoms with Crippen molar-refractivity contribution in [2.75, 3.05) is 25.2 Å². The average Bonchev–Trinajstić information content (AvgIpc) is 3.19. The first-order chi connectivity index (χ1) is 14.3. The van der Waals surface area contributed by atoms with Gasteiger partial charge >= 0.3 is 0 Å². The molecule has 30 heavy (non-hydrogen) atoms. The van der Waals surface area contributed by atoms with E-state index in [0.29, 0.717) is 11.4 Å². The number of hydrogen-bond acceptors (Lipinski definition) is 3. The van der Waals surface area contributed by atoms with Crippen molar-refractivity contribution in [1.82, 2.24) is 10.3 Å². The van der Waals surface area contributed by atoms with Crippen LogP contribution in [0.25, 0.3) is 0 Å². The topological polar surface area (TPSA) is 54.0 Å². The van der Waals surface area contributed by atoms with Gasteiger partial charge in [0.05, 0.1) is 18.4 Å². The molecule has 1 saturated carbocycles. The van der Waals surface area contributed by atoms with Crippen LogP contribution in [0.3, 0.4) is 0 Å². The number of benzene rings is 1. The predicted octanol–water partition coefficient (Wildman–Crippen LogP) is 4.56. The lowest BCUT2D eigenvalue weighted by atomic mass is 9.46. The minimum Gasteiger partial charge on any atom is -0.310 e. The van der Waals surface area contributed by atoms with Gasteiger partial charge in [0, 0.05) is 29.0 Å². The number of fused-ring (bicyclic) bond motifs is 3. The first-order valence-electron chi connectivity index (χ1n) is 9.62. The SMILES string of the molecule is O=C1Nc2nc(Cl)ccc2[C@@]12[C@@H](c1cccc(Cl)c1F)CNC21CC(CF)(CF)C1. The molecule has 3 aliphatic rings. The van der Waals surface area contributed by atoms with E-state index in [1.807, 2.05) is 0 Å². The molecule has 2 aliphatic heterocycles. The average molecular weight is 456 g/mol. The summed E-state index contributed by atoms with van der Waals surface area (Å²) in [5.74, 6) is -1.33. The van der Waals surface area contributed by atoms with Crippen molar-refractivity contribution in [2.24, 2.45) is 5.41 Å². The Hall–Kier alpha value is -1.83. The van der Waals surface area contributed by atoms with E-state index in [9.17, 15) is 13.6 Å². The van der Waals surface area contributed by atoms with E-state index >= 15 is 4.39 Å². The van der Waals surface area contributed by atoms with Gasteiger partial charge in [-0.05, 0) is 30.5 Å². The number of amides is 1. The second-order valence-electron chi connectivity index (χ2n) is 8.57. The predicted molar refractivity (Wildman–Crippen MR) is 108 cm³/mol. The number of halogens is 5. The Morgan fingerprint density at radius 2 is 1.87 bits per heavy atom.